The van der Waals surface area contributed by atoms with Crippen molar-refractivity contribution >= 4 is 44.0 Å². The molecule has 3 amide bonds. The number of hydrogen-bond acceptors (Lipinski definition) is 8. The van der Waals surface area contributed by atoms with E-state index in [2.05, 4.69) is 55.2 Å². The number of hydrogen-bond donors (Lipinski definition) is 4. The van der Waals surface area contributed by atoms with Crippen molar-refractivity contribution in [2.45, 2.75) is 122 Å². The molecule has 16 heteroatoms. The maximum atomic E-state index is 15.1. The maximum Gasteiger partial charge on any atom is 0.404 e. The van der Waals surface area contributed by atoms with Gasteiger partial charge in [-0.1, -0.05) is 104 Å². The first-order valence-corrected chi connectivity index (χ1v) is 28.4. The molecule has 3 atom stereocenters. The van der Waals surface area contributed by atoms with Gasteiger partial charge in [0.25, 0.3) is 0 Å². The average Bonchev–Trinajstić information content (AvgIpc) is 3.05. The topological polar surface area (TPSA) is 165 Å². The number of amides is 3. The van der Waals surface area contributed by atoms with E-state index in [9.17, 15) is 14.7 Å². The molecule has 318 valence electrons. The third-order valence-electron chi connectivity index (χ3n) is 8.84. The van der Waals surface area contributed by atoms with Crippen molar-refractivity contribution < 1.29 is 42.1 Å². The lowest BCUT2D eigenvalue weighted by Crippen LogP contribution is -2.62. The summed E-state index contributed by atoms with van der Waals surface area (Å²) < 4.78 is 55.9. The van der Waals surface area contributed by atoms with Gasteiger partial charge in [-0.05, 0) is 60.5 Å². The number of carbonyl (C=O) groups excluding carboxylic acids is 1. The highest BCUT2D eigenvalue weighted by Gasteiger charge is 2.47. The zero-order valence-electron chi connectivity index (χ0n) is 35.9. The number of carbonyl (C=O) groups is 2. The van der Waals surface area contributed by atoms with E-state index < -0.39 is 61.9 Å². The first-order chi connectivity index (χ1) is 25.9. The van der Waals surface area contributed by atoms with Crippen LogP contribution >= 0.6 is 0 Å². The molecule has 2 aromatic carbocycles. The molecule has 0 aliphatic carbocycles. The molecule has 0 saturated carbocycles. The fourth-order valence-corrected chi connectivity index (χ4v) is 9.50. The summed E-state index contributed by atoms with van der Waals surface area (Å²) in [5.74, 6) is 0.114. The Bertz CT molecular complexity index is 1610. The van der Waals surface area contributed by atoms with Gasteiger partial charge in [0.2, 0.25) is 10.0 Å². The molecule has 0 saturated heterocycles. The smallest absolute Gasteiger partial charge is 0.404 e. The van der Waals surface area contributed by atoms with Gasteiger partial charge in [-0.2, -0.15) is 4.31 Å². The van der Waals surface area contributed by atoms with Crippen LogP contribution in [0.2, 0.25) is 51.4 Å². The summed E-state index contributed by atoms with van der Waals surface area (Å²) in [7, 11) is -7.11. The quantitative estimate of drug-likeness (QED) is 0.0464. The van der Waals surface area contributed by atoms with Gasteiger partial charge in [0.1, 0.15) is 12.5 Å². The molecule has 13 nitrogen and oxygen atoms in total. The molecular weight excluding hydrogens is 769 g/mol. The molecule has 0 bridgehead atoms. The van der Waals surface area contributed by atoms with Crippen LogP contribution in [0.3, 0.4) is 0 Å². The molecule has 0 fully saturated rings. The Labute approximate surface area is 338 Å². The Balaban J connectivity index is 2.73. The van der Waals surface area contributed by atoms with Crippen LogP contribution in [0.15, 0.2) is 53.4 Å². The number of carboxylic acid groups (broad SMARTS) is 1. The fourth-order valence-electron chi connectivity index (χ4n) is 5.97. The summed E-state index contributed by atoms with van der Waals surface area (Å²) in [6.45, 7) is 26.1. The summed E-state index contributed by atoms with van der Waals surface area (Å²) in [4.78, 5) is 25.1. The number of urea groups is 1. The summed E-state index contributed by atoms with van der Waals surface area (Å²) in [6.07, 6.45) is -2.01. The number of benzene rings is 2. The minimum Gasteiger partial charge on any atom is -0.465 e. The molecule has 2 rings (SSSR count). The van der Waals surface area contributed by atoms with E-state index in [1.807, 2.05) is 65.0 Å². The molecule has 0 aromatic heterocycles. The standard InChI is InChI=1S/C40H70N4O9SSi2/c1-13-41-38(45)42-33-26-32(19-20-35(33)52-28-50-21-23-55(7,8)9)54(48,49)44(27-30(2)3)37(40(4,5)6)36(53-29-51-22-24-56(10,11)12)34(43-39(46)47)25-31-17-15-14-16-18-31/h14-20,26,30,34,36-37,43H,13,21-25,27-29H2,1-12H3,(H,46,47)(H2,41,42,45)/t34-,36+,37?/m0/s1. The molecule has 0 spiro atoms. The molecule has 0 heterocycles. The second kappa shape index (κ2) is 22.2. The number of nitrogens with zero attached hydrogens (tertiary/aromatic N) is 1. The van der Waals surface area contributed by atoms with E-state index >= 15 is 8.42 Å². The number of ether oxygens (including phenoxy) is 4. The van der Waals surface area contributed by atoms with E-state index in [0.29, 0.717) is 19.8 Å². The Hall–Kier alpha value is -3.00. The Kier molecular flexibility index (Phi) is 19.5. The predicted molar refractivity (Wildman–Crippen MR) is 230 cm³/mol. The van der Waals surface area contributed by atoms with Crippen molar-refractivity contribution in [2.75, 3.05) is 45.2 Å². The van der Waals surface area contributed by atoms with Gasteiger partial charge in [-0.3, -0.25) is 0 Å². The van der Waals surface area contributed by atoms with Gasteiger partial charge in [0, 0.05) is 42.5 Å². The molecule has 2 aromatic rings. The van der Waals surface area contributed by atoms with Crippen LogP contribution < -0.4 is 20.7 Å². The summed E-state index contributed by atoms with van der Waals surface area (Å²) in [6, 6.07) is 13.3. The normalized spacial score (nSPS) is 14.3. The van der Waals surface area contributed by atoms with E-state index in [0.717, 1.165) is 17.7 Å². The van der Waals surface area contributed by atoms with Crippen LogP contribution in [0.5, 0.6) is 5.75 Å². The average molecular weight is 839 g/mol. The van der Waals surface area contributed by atoms with Gasteiger partial charge in [0.15, 0.2) is 6.79 Å². The van der Waals surface area contributed by atoms with E-state index in [1.165, 1.54) is 22.5 Å². The van der Waals surface area contributed by atoms with E-state index in [4.69, 9.17) is 18.9 Å². The van der Waals surface area contributed by atoms with Crippen LogP contribution in [0.25, 0.3) is 0 Å². The van der Waals surface area contributed by atoms with Crippen LogP contribution in [0.4, 0.5) is 15.3 Å². The van der Waals surface area contributed by atoms with Gasteiger partial charge in [0.05, 0.1) is 28.8 Å². The first kappa shape index (κ1) is 49.2. The minimum absolute atomic E-state index is 0.0787. The zero-order chi connectivity index (χ0) is 42.3. The summed E-state index contributed by atoms with van der Waals surface area (Å²) in [5, 5.41) is 18.2. The number of anilines is 1. The molecular formula is C40H70N4O9SSi2. The summed E-state index contributed by atoms with van der Waals surface area (Å²) in [5.41, 5.74) is 0.227. The Morgan fingerprint density at radius 3 is 2.00 bits per heavy atom. The molecule has 0 aliphatic rings. The largest absolute Gasteiger partial charge is 0.465 e. The Morgan fingerprint density at radius 1 is 0.893 bits per heavy atom. The third-order valence-corrected chi connectivity index (χ3v) is 14.1. The maximum absolute atomic E-state index is 15.1. The number of nitrogens with one attached hydrogen (secondary N) is 3. The van der Waals surface area contributed by atoms with Crippen molar-refractivity contribution in [3.05, 3.63) is 54.1 Å². The van der Waals surface area contributed by atoms with E-state index in [-0.39, 0.29) is 48.8 Å². The van der Waals surface area contributed by atoms with Crippen molar-refractivity contribution in [1.82, 2.24) is 14.9 Å². The lowest BCUT2D eigenvalue weighted by atomic mass is 9.79. The van der Waals surface area contributed by atoms with Crippen molar-refractivity contribution in [3.63, 3.8) is 0 Å². The van der Waals surface area contributed by atoms with Gasteiger partial charge in [-0.25, -0.2) is 18.0 Å². The summed E-state index contributed by atoms with van der Waals surface area (Å²) >= 11 is 0. The van der Waals surface area contributed by atoms with Crippen LogP contribution in [-0.2, 0) is 30.7 Å². The fraction of sp³-hybridized carbons (Fsp3) is 0.650. The minimum atomic E-state index is -4.36. The SMILES string of the molecule is CCNC(=O)Nc1cc(S(=O)(=O)N(CC(C)C)C([C@H](OCOCC[Si](C)(C)C)[C@H](Cc2ccccc2)NC(=O)O)C(C)(C)C)ccc1OCOCC[Si](C)(C)C. The molecule has 0 radical (unpaired) electrons. The second-order valence-electron chi connectivity index (χ2n) is 18.1. The van der Waals surface area contributed by atoms with Gasteiger partial charge >= 0.3 is 12.1 Å². The van der Waals surface area contributed by atoms with Gasteiger partial charge < -0.3 is 40.0 Å². The second-order valence-corrected chi connectivity index (χ2v) is 31.2. The van der Waals surface area contributed by atoms with E-state index in [1.54, 1.807) is 6.92 Å². The monoisotopic (exact) mass is 838 g/mol. The van der Waals surface area contributed by atoms with Crippen LogP contribution in [-0.4, -0.2) is 104 Å². The molecule has 1 unspecified atom stereocenters. The van der Waals surface area contributed by atoms with Gasteiger partial charge in [-0.15, -0.1) is 0 Å². The number of sulfonamides is 1. The van der Waals surface area contributed by atoms with Crippen LogP contribution in [0, 0.1) is 11.3 Å². The van der Waals surface area contributed by atoms with Crippen molar-refractivity contribution in [2.24, 2.45) is 11.3 Å². The highest BCUT2D eigenvalue weighted by atomic mass is 32.2. The first-order valence-electron chi connectivity index (χ1n) is 19.6. The number of rotatable bonds is 24. The van der Waals surface area contributed by atoms with Crippen molar-refractivity contribution in [1.29, 1.82) is 0 Å². The zero-order valence-corrected chi connectivity index (χ0v) is 38.7. The Morgan fingerprint density at radius 2 is 1.48 bits per heavy atom. The third kappa shape index (κ3) is 17.6. The highest BCUT2D eigenvalue weighted by Crippen LogP contribution is 2.37. The van der Waals surface area contributed by atoms with Crippen LogP contribution in [0.1, 0.15) is 47.1 Å². The molecule has 56 heavy (non-hydrogen) atoms. The highest BCUT2D eigenvalue weighted by molar-refractivity contribution is 7.89. The molecule has 4 N–H and O–H groups in total. The lowest BCUT2D eigenvalue weighted by molar-refractivity contribution is -0.128. The predicted octanol–water partition coefficient (Wildman–Crippen LogP) is 8.16. The van der Waals surface area contributed by atoms with Crippen molar-refractivity contribution in [3.8, 4) is 5.75 Å². The lowest BCUT2D eigenvalue weighted by Gasteiger charge is -2.46. The molecule has 0 aliphatic heterocycles.